The number of benzene rings is 1. The van der Waals surface area contributed by atoms with Crippen molar-refractivity contribution in [3.05, 3.63) is 35.4 Å². The Bertz CT molecular complexity index is 595. The van der Waals surface area contributed by atoms with Crippen LogP contribution in [0.5, 0.6) is 0 Å². The minimum atomic E-state index is -4.37. The molecule has 1 atom stereocenters. The predicted molar refractivity (Wildman–Crippen MR) is 109 cm³/mol. The molecule has 0 bridgehead atoms. The van der Waals surface area contributed by atoms with E-state index in [1.54, 1.807) is 6.07 Å². The standard InChI is InChI=1S/C18H26F3N3O2.HI/c1-2-22-17(24-10-16(25)12-26-11-13-6-7-13)23-9-14-4-3-5-15(8-14)18(19,20)21;/h3-5,8,13,16,25H,2,6-7,9-12H2,1H3,(H2,22,23,24);1H. The van der Waals surface area contributed by atoms with E-state index in [9.17, 15) is 18.3 Å². The number of aliphatic hydroxyl groups is 1. The lowest BCUT2D eigenvalue weighted by atomic mass is 10.1. The molecule has 1 aliphatic rings. The van der Waals surface area contributed by atoms with Gasteiger partial charge in [0.15, 0.2) is 5.96 Å². The highest BCUT2D eigenvalue weighted by atomic mass is 127. The Morgan fingerprint density at radius 3 is 2.70 bits per heavy atom. The van der Waals surface area contributed by atoms with Gasteiger partial charge in [-0.15, -0.1) is 24.0 Å². The summed E-state index contributed by atoms with van der Waals surface area (Å²) >= 11 is 0. The maximum Gasteiger partial charge on any atom is 0.416 e. The highest BCUT2D eigenvalue weighted by Crippen LogP contribution is 2.29. The van der Waals surface area contributed by atoms with Crippen LogP contribution in [0.2, 0.25) is 0 Å². The lowest BCUT2D eigenvalue weighted by Crippen LogP contribution is -2.42. The van der Waals surface area contributed by atoms with Gasteiger partial charge in [-0.25, -0.2) is 4.99 Å². The highest BCUT2D eigenvalue weighted by Gasteiger charge is 2.30. The molecule has 5 nitrogen and oxygen atoms in total. The SMILES string of the molecule is CCNC(=NCc1cccc(C(F)(F)F)c1)NCC(O)COCC1CC1.I. The van der Waals surface area contributed by atoms with Crippen molar-refractivity contribution in [3.63, 3.8) is 0 Å². The average molecular weight is 501 g/mol. The number of rotatable bonds is 9. The van der Waals surface area contributed by atoms with E-state index in [1.165, 1.54) is 18.9 Å². The van der Waals surface area contributed by atoms with E-state index in [0.29, 0.717) is 30.6 Å². The third-order valence-corrected chi connectivity index (χ3v) is 3.88. The van der Waals surface area contributed by atoms with E-state index < -0.39 is 17.8 Å². The molecule has 1 aromatic rings. The molecule has 1 saturated carbocycles. The molecule has 9 heteroatoms. The van der Waals surface area contributed by atoms with Crippen LogP contribution < -0.4 is 10.6 Å². The molecule has 1 aliphatic carbocycles. The van der Waals surface area contributed by atoms with E-state index in [1.807, 2.05) is 6.92 Å². The van der Waals surface area contributed by atoms with Crippen molar-refractivity contribution in [2.75, 3.05) is 26.3 Å². The van der Waals surface area contributed by atoms with E-state index >= 15 is 0 Å². The van der Waals surface area contributed by atoms with Crippen molar-refractivity contribution in [2.45, 2.75) is 38.6 Å². The van der Waals surface area contributed by atoms with Gasteiger partial charge in [0.05, 0.1) is 24.8 Å². The van der Waals surface area contributed by atoms with Gasteiger partial charge in [0, 0.05) is 19.7 Å². The van der Waals surface area contributed by atoms with Crippen LogP contribution >= 0.6 is 24.0 Å². The number of aliphatic hydroxyl groups excluding tert-OH is 1. The zero-order valence-electron chi connectivity index (χ0n) is 15.3. The summed E-state index contributed by atoms with van der Waals surface area (Å²) < 4.78 is 43.7. The third-order valence-electron chi connectivity index (χ3n) is 3.88. The quantitative estimate of drug-likeness (QED) is 0.277. The lowest BCUT2D eigenvalue weighted by molar-refractivity contribution is -0.137. The number of nitrogens with one attached hydrogen (secondary N) is 2. The first-order valence-electron chi connectivity index (χ1n) is 8.82. The first-order valence-corrected chi connectivity index (χ1v) is 8.82. The molecule has 0 aliphatic heterocycles. The van der Waals surface area contributed by atoms with Crippen molar-refractivity contribution in [3.8, 4) is 0 Å². The molecule has 1 fully saturated rings. The minimum absolute atomic E-state index is 0. The Kier molecular flexibility index (Phi) is 10.4. The minimum Gasteiger partial charge on any atom is -0.389 e. The highest BCUT2D eigenvalue weighted by molar-refractivity contribution is 14.0. The van der Waals surface area contributed by atoms with Crippen LogP contribution in [0.15, 0.2) is 29.3 Å². The maximum absolute atomic E-state index is 12.8. The van der Waals surface area contributed by atoms with Crippen LogP contribution in [-0.4, -0.2) is 43.5 Å². The second-order valence-electron chi connectivity index (χ2n) is 6.41. The third kappa shape index (κ3) is 9.61. The number of halogens is 4. The fourth-order valence-electron chi connectivity index (χ4n) is 2.29. The predicted octanol–water partition coefficient (Wildman–Crippen LogP) is 3.17. The number of ether oxygens (including phenoxy) is 1. The molecular formula is C18H27F3IN3O2. The van der Waals surface area contributed by atoms with Crippen LogP contribution in [0.3, 0.4) is 0 Å². The fourth-order valence-corrected chi connectivity index (χ4v) is 2.29. The molecule has 0 radical (unpaired) electrons. The van der Waals surface area contributed by atoms with Crippen LogP contribution in [0.4, 0.5) is 13.2 Å². The van der Waals surface area contributed by atoms with Gasteiger partial charge in [0.25, 0.3) is 0 Å². The molecular weight excluding hydrogens is 474 g/mol. The van der Waals surface area contributed by atoms with Gasteiger partial charge in [-0.2, -0.15) is 13.2 Å². The molecule has 1 unspecified atom stereocenters. The first-order chi connectivity index (χ1) is 12.4. The Labute approximate surface area is 174 Å². The number of hydrogen-bond donors (Lipinski definition) is 3. The van der Waals surface area contributed by atoms with Gasteiger partial charge in [0.1, 0.15) is 0 Å². The molecule has 1 aromatic carbocycles. The number of alkyl halides is 3. The number of guanidine groups is 1. The van der Waals surface area contributed by atoms with E-state index in [0.717, 1.165) is 12.1 Å². The largest absolute Gasteiger partial charge is 0.416 e. The fraction of sp³-hybridized carbons (Fsp3) is 0.611. The molecule has 3 N–H and O–H groups in total. The lowest BCUT2D eigenvalue weighted by Gasteiger charge is -2.15. The van der Waals surface area contributed by atoms with E-state index in [4.69, 9.17) is 4.74 Å². The van der Waals surface area contributed by atoms with Crippen LogP contribution in [0.25, 0.3) is 0 Å². The summed E-state index contributed by atoms with van der Waals surface area (Å²) in [5, 5.41) is 15.9. The zero-order chi connectivity index (χ0) is 19.0. The number of nitrogens with zero attached hydrogens (tertiary/aromatic N) is 1. The summed E-state index contributed by atoms with van der Waals surface area (Å²) in [6.07, 6.45) is -2.65. The van der Waals surface area contributed by atoms with Gasteiger partial charge in [-0.05, 0) is 43.4 Å². The summed E-state index contributed by atoms with van der Waals surface area (Å²) in [6.45, 7) is 3.77. The molecule has 0 amide bonds. The Hall–Kier alpha value is -1.07. The summed E-state index contributed by atoms with van der Waals surface area (Å²) in [7, 11) is 0. The van der Waals surface area contributed by atoms with Gasteiger partial charge < -0.3 is 20.5 Å². The maximum atomic E-state index is 12.8. The summed E-state index contributed by atoms with van der Waals surface area (Å²) in [6, 6.07) is 5.10. The van der Waals surface area contributed by atoms with Crippen molar-refractivity contribution in [2.24, 2.45) is 10.9 Å². The topological polar surface area (TPSA) is 65.9 Å². The van der Waals surface area contributed by atoms with Crippen molar-refractivity contribution < 1.29 is 23.0 Å². The summed E-state index contributed by atoms with van der Waals surface area (Å²) in [5.74, 6) is 1.08. The normalized spacial score (nSPS) is 15.8. The second kappa shape index (κ2) is 11.7. The van der Waals surface area contributed by atoms with E-state index in [2.05, 4.69) is 15.6 Å². The summed E-state index contributed by atoms with van der Waals surface area (Å²) in [4.78, 5) is 4.27. The van der Waals surface area contributed by atoms with Crippen LogP contribution in [0.1, 0.15) is 30.9 Å². The summed E-state index contributed by atoms with van der Waals surface area (Å²) in [5.41, 5.74) is -0.225. The first kappa shape index (κ1) is 24.0. The van der Waals surface area contributed by atoms with Crippen LogP contribution in [0, 0.1) is 5.92 Å². The van der Waals surface area contributed by atoms with Crippen molar-refractivity contribution in [1.29, 1.82) is 0 Å². The second-order valence-corrected chi connectivity index (χ2v) is 6.41. The number of aliphatic imine (C=N–C) groups is 1. The van der Waals surface area contributed by atoms with Gasteiger partial charge in [-0.1, -0.05) is 12.1 Å². The van der Waals surface area contributed by atoms with Gasteiger partial charge >= 0.3 is 6.18 Å². The average Bonchev–Trinajstić information content (AvgIpc) is 3.41. The molecule has 0 saturated heterocycles. The molecule has 0 aromatic heterocycles. The van der Waals surface area contributed by atoms with Crippen molar-refractivity contribution >= 4 is 29.9 Å². The zero-order valence-corrected chi connectivity index (χ0v) is 17.6. The number of hydrogen-bond acceptors (Lipinski definition) is 3. The van der Waals surface area contributed by atoms with Crippen LogP contribution in [-0.2, 0) is 17.5 Å². The Morgan fingerprint density at radius 2 is 2.07 bits per heavy atom. The monoisotopic (exact) mass is 501 g/mol. The van der Waals surface area contributed by atoms with Crippen molar-refractivity contribution in [1.82, 2.24) is 10.6 Å². The molecule has 0 heterocycles. The molecule has 2 rings (SSSR count). The molecule has 0 spiro atoms. The molecule has 154 valence electrons. The van der Waals surface area contributed by atoms with Gasteiger partial charge in [-0.3, -0.25) is 0 Å². The smallest absolute Gasteiger partial charge is 0.389 e. The molecule has 27 heavy (non-hydrogen) atoms. The van der Waals surface area contributed by atoms with Gasteiger partial charge in [0.2, 0.25) is 0 Å². The Morgan fingerprint density at radius 1 is 1.33 bits per heavy atom. The Balaban J connectivity index is 0.00000364. The van der Waals surface area contributed by atoms with E-state index in [-0.39, 0.29) is 43.7 Å².